The molecule has 4 aromatic rings. The van der Waals surface area contributed by atoms with Crippen molar-refractivity contribution in [2.24, 2.45) is 5.73 Å². The SMILES string of the molecule is CC(Oc1ccc(F)cc1)C(=O)Oc1ccc2c(c1)OC(N)=C(C#N)C2c1ccc(OCc2ccccc2F)cc1. The molecular weight excluding hydrogens is 530 g/mol. The highest BCUT2D eigenvalue weighted by molar-refractivity contribution is 5.77. The van der Waals surface area contributed by atoms with Crippen molar-refractivity contribution in [2.45, 2.75) is 25.6 Å². The first-order valence-electron chi connectivity index (χ1n) is 12.6. The van der Waals surface area contributed by atoms with E-state index in [9.17, 15) is 18.8 Å². The van der Waals surface area contributed by atoms with Gasteiger partial charge in [-0.05, 0) is 61.0 Å². The van der Waals surface area contributed by atoms with E-state index in [-0.39, 0.29) is 29.6 Å². The molecule has 1 heterocycles. The third-order valence-corrected chi connectivity index (χ3v) is 6.43. The van der Waals surface area contributed by atoms with Crippen LogP contribution in [0.3, 0.4) is 0 Å². The van der Waals surface area contributed by atoms with Crippen LogP contribution in [0.4, 0.5) is 8.78 Å². The van der Waals surface area contributed by atoms with Gasteiger partial charge in [-0.15, -0.1) is 0 Å². The average molecular weight is 555 g/mol. The van der Waals surface area contributed by atoms with Crippen molar-refractivity contribution >= 4 is 5.97 Å². The third kappa shape index (κ3) is 6.12. The zero-order chi connectivity index (χ0) is 28.9. The summed E-state index contributed by atoms with van der Waals surface area (Å²) in [5.41, 5.74) is 8.16. The van der Waals surface area contributed by atoms with Crippen LogP contribution in [-0.2, 0) is 11.4 Å². The van der Waals surface area contributed by atoms with Crippen LogP contribution >= 0.6 is 0 Å². The summed E-state index contributed by atoms with van der Waals surface area (Å²) in [6.45, 7) is 1.58. The number of esters is 1. The van der Waals surface area contributed by atoms with Gasteiger partial charge in [0, 0.05) is 17.2 Å². The average Bonchev–Trinajstić information content (AvgIpc) is 2.97. The second-order valence-corrected chi connectivity index (χ2v) is 9.21. The maximum atomic E-state index is 13.9. The molecule has 0 spiro atoms. The van der Waals surface area contributed by atoms with Gasteiger partial charge in [0.2, 0.25) is 5.88 Å². The highest BCUT2D eigenvalue weighted by Crippen LogP contribution is 2.43. The Morgan fingerprint density at radius 3 is 2.37 bits per heavy atom. The summed E-state index contributed by atoms with van der Waals surface area (Å²) in [6.07, 6.45) is -0.973. The van der Waals surface area contributed by atoms with Crippen molar-refractivity contribution in [2.75, 3.05) is 0 Å². The summed E-state index contributed by atoms with van der Waals surface area (Å²) in [6, 6.07) is 25.6. The van der Waals surface area contributed by atoms with Gasteiger partial charge >= 0.3 is 5.97 Å². The van der Waals surface area contributed by atoms with Gasteiger partial charge in [-0.25, -0.2) is 13.6 Å². The van der Waals surface area contributed by atoms with Crippen LogP contribution < -0.4 is 24.7 Å². The van der Waals surface area contributed by atoms with E-state index in [1.54, 1.807) is 54.6 Å². The van der Waals surface area contributed by atoms with E-state index < -0.39 is 23.8 Å². The van der Waals surface area contributed by atoms with Crippen molar-refractivity contribution in [3.63, 3.8) is 0 Å². The first kappa shape index (κ1) is 27.2. The number of carbonyl (C=O) groups excluding carboxylic acids is 1. The molecule has 0 amide bonds. The minimum atomic E-state index is -0.973. The van der Waals surface area contributed by atoms with E-state index in [2.05, 4.69) is 6.07 Å². The Morgan fingerprint density at radius 1 is 0.976 bits per heavy atom. The predicted octanol–water partition coefficient (Wildman–Crippen LogP) is 6.13. The lowest BCUT2D eigenvalue weighted by atomic mass is 9.83. The number of carbonyl (C=O) groups is 1. The number of allylic oxidation sites excluding steroid dienone is 1. The molecular formula is C32H24F2N2O5. The first-order chi connectivity index (χ1) is 19.8. The molecule has 206 valence electrons. The van der Waals surface area contributed by atoms with Crippen molar-refractivity contribution in [1.29, 1.82) is 5.26 Å². The quantitative estimate of drug-likeness (QED) is 0.206. The minimum Gasteiger partial charge on any atom is -0.489 e. The normalized spacial score (nSPS) is 14.7. The van der Waals surface area contributed by atoms with Gasteiger partial charge in [0.05, 0.1) is 5.92 Å². The Bertz CT molecular complexity index is 1650. The summed E-state index contributed by atoms with van der Waals surface area (Å²) in [5, 5.41) is 9.85. The zero-order valence-electron chi connectivity index (χ0n) is 21.8. The van der Waals surface area contributed by atoms with Crippen molar-refractivity contribution in [1.82, 2.24) is 0 Å². The van der Waals surface area contributed by atoms with Gasteiger partial charge in [0.15, 0.2) is 6.10 Å². The monoisotopic (exact) mass is 554 g/mol. The van der Waals surface area contributed by atoms with Gasteiger partial charge in [0.25, 0.3) is 0 Å². The molecule has 0 bridgehead atoms. The molecule has 0 aliphatic carbocycles. The second-order valence-electron chi connectivity index (χ2n) is 9.21. The molecule has 1 aliphatic heterocycles. The van der Waals surface area contributed by atoms with Crippen molar-refractivity contribution in [3.05, 3.63) is 131 Å². The maximum Gasteiger partial charge on any atom is 0.352 e. The molecule has 2 atom stereocenters. The number of hydrogen-bond acceptors (Lipinski definition) is 7. The number of halogens is 2. The largest absolute Gasteiger partial charge is 0.489 e. The zero-order valence-corrected chi connectivity index (χ0v) is 21.8. The number of nitrogens with zero attached hydrogens (tertiary/aromatic N) is 1. The fourth-order valence-electron chi connectivity index (χ4n) is 4.34. The topological polar surface area (TPSA) is 104 Å². The second kappa shape index (κ2) is 11.8. The van der Waals surface area contributed by atoms with Crippen LogP contribution in [0.25, 0.3) is 0 Å². The van der Waals surface area contributed by atoms with Gasteiger partial charge in [0.1, 0.15) is 52.9 Å². The number of benzene rings is 4. The molecule has 9 heteroatoms. The molecule has 2 N–H and O–H groups in total. The van der Waals surface area contributed by atoms with E-state index in [0.29, 0.717) is 28.4 Å². The summed E-state index contributed by atoms with van der Waals surface area (Å²) in [4.78, 5) is 12.6. The van der Waals surface area contributed by atoms with E-state index in [1.807, 2.05) is 0 Å². The Hall–Kier alpha value is -5.36. The number of nitriles is 1. The number of nitrogens with two attached hydrogens (primary N) is 1. The molecule has 1 aliphatic rings. The van der Waals surface area contributed by atoms with Gasteiger partial charge in [-0.3, -0.25) is 0 Å². The van der Waals surface area contributed by atoms with E-state index in [1.165, 1.54) is 43.3 Å². The van der Waals surface area contributed by atoms with Gasteiger partial charge < -0.3 is 24.7 Å². The van der Waals surface area contributed by atoms with E-state index in [4.69, 9.17) is 24.7 Å². The summed E-state index contributed by atoms with van der Waals surface area (Å²) >= 11 is 0. The van der Waals surface area contributed by atoms with Gasteiger partial charge in [-0.1, -0.05) is 36.4 Å². The fraction of sp³-hybridized carbons (Fsp3) is 0.125. The Morgan fingerprint density at radius 2 is 1.66 bits per heavy atom. The molecule has 0 aromatic heterocycles. The summed E-state index contributed by atoms with van der Waals surface area (Å²) in [7, 11) is 0. The lowest BCUT2D eigenvalue weighted by molar-refractivity contribution is -0.141. The Kier molecular flexibility index (Phi) is 7.83. The Labute approximate surface area is 235 Å². The van der Waals surface area contributed by atoms with Crippen LogP contribution in [0.2, 0.25) is 0 Å². The van der Waals surface area contributed by atoms with Crippen LogP contribution in [0.1, 0.15) is 29.5 Å². The number of ether oxygens (including phenoxy) is 4. The molecule has 0 fully saturated rings. The lowest BCUT2D eigenvalue weighted by Gasteiger charge is -2.27. The summed E-state index contributed by atoms with van der Waals surface area (Å²) in [5.74, 6) is -0.697. The lowest BCUT2D eigenvalue weighted by Crippen LogP contribution is -2.28. The highest BCUT2D eigenvalue weighted by atomic mass is 19.1. The van der Waals surface area contributed by atoms with Crippen LogP contribution in [0, 0.1) is 23.0 Å². The molecule has 0 saturated carbocycles. The van der Waals surface area contributed by atoms with Crippen molar-refractivity contribution < 1.29 is 32.5 Å². The highest BCUT2D eigenvalue weighted by Gasteiger charge is 2.31. The number of rotatable bonds is 8. The molecule has 4 aromatic carbocycles. The third-order valence-electron chi connectivity index (χ3n) is 6.43. The number of hydrogen-bond donors (Lipinski definition) is 1. The van der Waals surface area contributed by atoms with E-state index in [0.717, 1.165) is 5.56 Å². The molecule has 0 radical (unpaired) electrons. The molecule has 5 rings (SSSR count). The smallest absolute Gasteiger partial charge is 0.352 e. The molecule has 7 nitrogen and oxygen atoms in total. The first-order valence-corrected chi connectivity index (χ1v) is 12.6. The number of fused-ring (bicyclic) bond motifs is 1. The molecule has 41 heavy (non-hydrogen) atoms. The minimum absolute atomic E-state index is 0.0669. The van der Waals surface area contributed by atoms with Crippen LogP contribution in [0.15, 0.2) is 102 Å². The molecule has 2 unspecified atom stereocenters. The summed E-state index contributed by atoms with van der Waals surface area (Å²) < 4.78 is 49.5. The standard InChI is InChI=1S/C32H24F2N2O5/c1-19(39-24-12-8-22(33)9-13-24)32(37)40-25-14-15-26-29(16-25)41-31(36)27(17-35)30(26)20-6-10-23(11-7-20)38-18-21-4-2-3-5-28(21)34/h2-16,19,30H,18,36H2,1H3. The maximum absolute atomic E-state index is 13.9. The van der Waals surface area contributed by atoms with Crippen LogP contribution in [0.5, 0.6) is 23.0 Å². The Balaban J connectivity index is 1.32. The van der Waals surface area contributed by atoms with Crippen LogP contribution in [-0.4, -0.2) is 12.1 Å². The fourth-order valence-corrected chi connectivity index (χ4v) is 4.34. The van der Waals surface area contributed by atoms with Crippen molar-refractivity contribution in [3.8, 4) is 29.1 Å². The van der Waals surface area contributed by atoms with E-state index >= 15 is 0 Å². The predicted molar refractivity (Wildman–Crippen MR) is 145 cm³/mol. The molecule has 0 saturated heterocycles. The van der Waals surface area contributed by atoms with Gasteiger partial charge in [-0.2, -0.15) is 5.26 Å².